The lowest BCUT2D eigenvalue weighted by atomic mass is 10.2. The van der Waals surface area contributed by atoms with Crippen LogP contribution in [0.5, 0.6) is 11.5 Å². The summed E-state index contributed by atoms with van der Waals surface area (Å²) in [5.41, 5.74) is 4.47. The number of hydrogen-bond acceptors (Lipinski definition) is 5. The summed E-state index contributed by atoms with van der Waals surface area (Å²) in [7, 11) is 0. The number of fused-ring (bicyclic) bond motifs is 1. The Balaban J connectivity index is 1.69. The number of benzene rings is 2. The van der Waals surface area contributed by atoms with E-state index < -0.39 is 5.97 Å². The predicted molar refractivity (Wildman–Crippen MR) is 82.1 cm³/mol. The Morgan fingerprint density at radius 3 is 2.77 bits per heavy atom. The summed E-state index contributed by atoms with van der Waals surface area (Å²) in [5, 5.41) is 13.0. The Kier molecular flexibility index (Phi) is 3.91. The molecule has 6 nitrogen and oxygen atoms in total. The van der Waals surface area contributed by atoms with Gasteiger partial charge in [0.25, 0.3) is 0 Å². The van der Waals surface area contributed by atoms with Crippen LogP contribution in [0, 0.1) is 0 Å². The lowest BCUT2D eigenvalue weighted by molar-refractivity contribution is 0.0697. The number of carbonyl (C=O) groups is 1. The highest BCUT2D eigenvalue weighted by atomic mass is 16.6. The fourth-order valence-electron chi connectivity index (χ4n) is 2.04. The zero-order chi connectivity index (χ0) is 15.4. The first-order chi connectivity index (χ1) is 10.7. The summed E-state index contributed by atoms with van der Waals surface area (Å²) in [4.78, 5) is 10.9. The van der Waals surface area contributed by atoms with E-state index in [9.17, 15) is 4.79 Å². The van der Waals surface area contributed by atoms with Crippen molar-refractivity contribution in [2.75, 3.05) is 18.6 Å². The van der Waals surface area contributed by atoms with E-state index in [1.165, 1.54) is 12.1 Å². The third-order valence-electron chi connectivity index (χ3n) is 3.08. The zero-order valence-corrected chi connectivity index (χ0v) is 11.7. The molecule has 2 N–H and O–H groups in total. The second-order valence-corrected chi connectivity index (χ2v) is 4.66. The fraction of sp³-hybridized carbons (Fsp3) is 0.125. The molecule has 0 unspecified atom stereocenters. The van der Waals surface area contributed by atoms with E-state index in [4.69, 9.17) is 14.6 Å². The lowest BCUT2D eigenvalue weighted by Gasteiger charge is -2.18. The van der Waals surface area contributed by atoms with Crippen LogP contribution >= 0.6 is 0 Å². The van der Waals surface area contributed by atoms with Crippen LogP contribution in [-0.4, -0.2) is 30.5 Å². The number of ether oxygens (including phenoxy) is 2. The van der Waals surface area contributed by atoms with Crippen LogP contribution in [0.2, 0.25) is 0 Å². The molecular formula is C16H14N2O4. The molecule has 0 amide bonds. The molecule has 1 heterocycles. The highest BCUT2D eigenvalue weighted by molar-refractivity contribution is 5.89. The summed E-state index contributed by atoms with van der Waals surface area (Å²) in [6, 6.07) is 12.0. The number of carboxylic acid groups (broad SMARTS) is 1. The molecule has 2 aromatic rings. The summed E-state index contributed by atoms with van der Waals surface area (Å²) in [6.07, 6.45) is 1.63. The lowest BCUT2D eigenvalue weighted by Crippen LogP contribution is -2.15. The number of nitrogens with one attached hydrogen (secondary N) is 1. The maximum absolute atomic E-state index is 10.9. The van der Waals surface area contributed by atoms with Gasteiger partial charge in [-0.3, -0.25) is 5.43 Å². The van der Waals surface area contributed by atoms with Gasteiger partial charge >= 0.3 is 5.97 Å². The second-order valence-electron chi connectivity index (χ2n) is 4.66. The van der Waals surface area contributed by atoms with Gasteiger partial charge in [-0.15, -0.1) is 0 Å². The number of carboxylic acids is 1. The number of rotatable bonds is 4. The number of hydrazone groups is 1. The van der Waals surface area contributed by atoms with E-state index in [-0.39, 0.29) is 5.56 Å². The first-order valence-electron chi connectivity index (χ1n) is 6.74. The second kappa shape index (κ2) is 6.17. The van der Waals surface area contributed by atoms with Crippen LogP contribution in [0.1, 0.15) is 15.9 Å². The maximum Gasteiger partial charge on any atom is 0.335 e. The molecule has 2 aromatic carbocycles. The van der Waals surface area contributed by atoms with Crippen LogP contribution < -0.4 is 14.9 Å². The van der Waals surface area contributed by atoms with Gasteiger partial charge in [-0.25, -0.2) is 4.79 Å². The van der Waals surface area contributed by atoms with Gasteiger partial charge in [-0.05, 0) is 42.0 Å². The molecule has 0 aromatic heterocycles. The number of hydrogen-bond donors (Lipinski definition) is 2. The van der Waals surface area contributed by atoms with Gasteiger partial charge in [0, 0.05) is 0 Å². The van der Waals surface area contributed by atoms with Crippen molar-refractivity contribution in [3.05, 3.63) is 53.6 Å². The first-order valence-corrected chi connectivity index (χ1v) is 6.74. The number of anilines is 1. The van der Waals surface area contributed by atoms with E-state index >= 15 is 0 Å². The van der Waals surface area contributed by atoms with Crippen LogP contribution in [0.3, 0.4) is 0 Å². The number of aromatic carboxylic acids is 1. The summed E-state index contributed by atoms with van der Waals surface area (Å²) < 4.78 is 10.9. The molecule has 22 heavy (non-hydrogen) atoms. The van der Waals surface area contributed by atoms with Crippen molar-refractivity contribution in [1.82, 2.24) is 0 Å². The SMILES string of the molecule is O=C(O)c1cccc(N/N=C/c2ccc3c(c2)OCCO3)c1. The zero-order valence-electron chi connectivity index (χ0n) is 11.7. The third-order valence-corrected chi connectivity index (χ3v) is 3.08. The Bertz CT molecular complexity index is 728. The fourth-order valence-corrected chi connectivity index (χ4v) is 2.04. The van der Waals surface area contributed by atoms with Gasteiger partial charge in [0.05, 0.1) is 17.5 Å². The average molecular weight is 298 g/mol. The first kappa shape index (κ1) is 13.9. The molecule has 0 fully saturated rings. The smallest absolute Gasteiger partial charge is 0.335 e. The molecule has 3 rings (SSSR count). The minimum atomic E-state index is -0.973. The van der Waals surface area contributed by atoms with Crippen molar-refractivity contribution in [2.45, 2.75) is 0 Å². The van der Waals surface area contributed by atoms with Crippen molar-refractivity contribution < 1.29 is 19.4 Å². The molecular weight excluding hydrogens is 284 g/mol. The van der Waals surface area contributed by atoms with E-state index in [2.05, 4.69) is 10.5 Å². The predicted octanol–water partition coefficient (Wildman–Crippen LogP) is 2.60. The minimum absolute atomic E-state index is 0.208. The highest BCUT2D eigenvalue weighted by Gasteiger charge is 2.10. The van der Waals surface area contributed by atoms with Crippen molar-refractivity contribution in [1.29, 1.82) is 0 Å². The largest absolute Gasteiger partial charge is 0.486 e. The molecule has 6 heteroatoms. The van der Waals surface area contributed by atoms with Crippen LogP contribution in [0.25, 0.3) is 0 Å². The molecule has 0 saturated carbocycles. The average Bonchev–Trinajstić information content (AvgIpc) is 2.55. The summed E-state index contributed by atoms with van der Waals surface area (Å²) in [5.74, 6) is 0.452. The monoisotopic (exact) mass is 298 g/mol. The van der Waals surface area contributed by atoms with E-state index in [0.717, 1.165) is 11.3 Å². The van der Waals surface area contributed by atoms with Crippen molar-refractivity contribution in [3.8, 4) is 11.5 Å². The van der Waals surface area contributed by atoms with Gasteiger partial charge in [-0.2, -0.15) is 5.10 Å². The van der Waals surface area contributed by atoms with E-state index in [1.54, 1.807) is 18.3 Å². The van der Waals surface area contributed by atoms with E-state index in [0.29, 0.717) is 24.7 Å². The summed E-state index contributed by atoms with van der Waals surface area (Å²) in [6.45, 7) is 1.09. The van der Waals surface area contributed by atoms with Gasteiger partial charge in [-0.1, -0.05) is 6.07 Å². The topological polar surface area (TPSA) is 80.2 Å². The maximum atomic E-state index is 10.9. The van der Waals surface area contributed by atoms with Gasteiger partial charge in [0.15, 0.2) is 11.5 Å². The Labute approximate surface area is 127 Å². The van der Waals surface area contributed by atoms with Gasteiger partial charge in [0.2, 0.25) is 0 Å². The molecule has 1 aliphatic heterocycles. The Morgan fingerprint density at radius 2 is 1.95 bits per heavy atom. The Morgan fingerprint density at radius 1 is 1.14 bits per heavy atom. The molecule has 0 aliphatic carbocycles. The number of nitrogens with zero attached hydrogens (tertiary/aromatic N) is 1. The van der Waals surface area contributed by atoms with Gasteiger partial charge in [0.1, 0.15) is 13.2 Å². The van der Waals surface area contributed by atoms with Crippen molar-refractivity contribution in [3.63, 3.8) is 0 Å². The third kappa shape index (κ3) is 3.17. The molecule has 0 saturated heterocycles. The van der Waals surface area contributed by atoms with Crippen LogP contribution in [0.4, 0.5) is 5.69 Å². The van der Waals surface area contributed by atoms with Crippen LogP contribution in [0.15, 0.2) is 47.6 Å². The Hall–Kier alpha value is -3.02. The van der Waals surface area contributed by atoms with Crippen LogP contribution in [-0.2, 0) is 0 Å². The van der Waals surface area contributed by atoms with E-state index in [1.807, 2.05) is 18.2 Å². The van der Waals surface area contributed by atoms with Gasteiger partial charge < -0.3 is 14.6 Å². The molecule has 0 bridgehead atoms. The highest BCUT2D eigenvalue weighted by Crippen LogP contribution is 2.30. The standard InChI is InChI=1S/C16H14N2O4/c19-16(20)12-2-1-3-13(9-12)18-17-10-11-4-5-14-15(8-11)22-7-6-21-14/h1-5,8-10,18H,6-7H2,(H,19,20)/b17-10+. The molecule has 1 aliphatic rings. The summed E-state index contributed by atoms with van der Waals surface area (Å²) >= 11 is 0. The molecule has 0 spiro atoms. The quantitative estimate of drug-likeness (QED) is 0.670. The van der Waals surface area contributed by atoms with Crippen molar-refractivity contribution >= 4 is 17.9 Å². The molecule has 112 valence electrons. The molecule has 0 radical (unpaired) electrons. The van der Waals surface area contributed by atoms with Crippen molar-refractivity contribution in [2.24, 2.45) is 5.10 Å². The molecule has 0 atom stereocenters. The minimum Gasteiger partial charge on any atom is -0.486 e. The normalized spacial score (nSPS) is 13.1.